The van der Waals surface area contributed by atoms with Gasteiger partial charge in [-0.2, -0.15) is 0 Å². The molecule has 0 spiro atoms. The lowest BCUT2D eigenvalue weighted by molar-refractivity contribution is -0.173. The van der Waals surface area contributed by atoms with Crippen molar-refractivity contribution in [1.82, 2.24) is 5.06 Å². The summed E-state index contributed by atoms with van der Waals surface area (Å²) >= 11 is 0. The van der Waals surface area contributed by atoms with Crippen LogP contribution in [0.15, 0.2) is 24.3 Å². The Balaban J connectivity index is 1.86. The molecule has 0 radical (unpaired) electrons. The Kier molecular flexibility index (Phi) is 2.23. The Labute approximate surface area is 109 Å². The van der Waals surface area contributed by atoms with Crippen LogP contribution in [0.5, 0.6) is 0 Å². The predicted molar refractivity (Wildman–Crippen MR) is 63.5 cm³/mol. The molecule has 5 nitrogen and oxygen atoms in total. The van der Waals surface area contributed by atoms with E-state index in [1.807, 2.05) is 0 Å². The van der Waals surface area contributed by atoms with E-state index < -0.39 is 23.2 Å². The number of fused-ring (bicyclic) bond motifs is 1. The molecular weight excluding hydrogens is 246 g/mol. The van der Waals surface area contributed by atoms with Gasteiger partial charge in [0.25, 0.3) is 11.8 Å². The zero-order valence-corrected chi connectivity index (χ0v) is 9.88. The van der Waals surface area contributed by atoms with Crippen LogP contribution in [0.1, 0.15) is 33.6 Å². The first kappa shape index (κ1) is 11.5. The Morgan fingerprint density at radius 3 is 2.16 bits per heavy atom. The largest absolute Gasteiger partial charge is 0.351 e. The topological polar surface area (TPSA) is 63.7 Å². The number of hydrogen-bond acceptors (Lipinski definition) is 4. The maximum atomic E-state index is 12.0. The zero-order valence-electron chi connectivity index (χ0n) is 9.88. The molecule has 1 aliphatic carbocycles. The third kappa shape index (κ3) is 1.54. The van der Waals surface area contributed by atoms with E-state index in [1.165, 1.54) is 12.1 Å². The zero-order chi connectivity index (χ0) is 13.6. The number of hydroxylamine groups is 2. The van der Waals surface area contributed by atoms with Crippen LogP contribution in [0.25, 0.3) is 0 Å². The van der Waals surface area contributed by atoms with Gasteiger partial charge in [0.15, 0.2) is 0 Å². The van der Waals surface area contributed by atoms with Crippen LogP contribution < -0.4 is 0 Å². The first-order valence-corrected chi connectivity index (χ1v) is 5.77. The fraction of sp³-hybridized carbons (Fsp3) is 0.214. The monoisotopic (exact) mass is 255 g/mol. The third-order valence-corrected chi connectivity index (χ3v) is 3.35. The molecule has 2 amide bonds. The lowest BCUT2D eigenvalue weighted by atomic mass is 10.1. The van der Waals surface area contributed by atoms with Crippen LogP contribution in [0, 0.1) is 17.8 Å². The Hall–Kier alpha value is -2.61. The van der Waals surface area contributed by atoms with Gasteiger partial charge in [0, 0.05) is 0 Å². The molecule has 5 heteroatoms. The number of benzene rings is 1. The highest BCUT2D eigenvalue weighted by molar-refractivity contribution is 6.21. The molecule has 1 aromatic rings. The van der Waals surface area contributed by atoms with Crippen molar-refractivity contribution in [2.75, 3.05) is 0 Å². The number of hydrogen-bond donors (Lipinski definition) is 0. The van der Waals surface area contributed by atoms with Crippen molar-refractivity contribution in [3.05, 3.63) is 35.4 Å². The minimum Gasteiger partial charge on any atom is -0.328 e. The van der Waals surface area contributed by atoms with Gasteiger partial charge in [-0.15, -0.1) is 6.42 Å². The second-order valence-electron chi connectivity index (χ2n) is 4.56. The van der Waals surface area contributed by atoms with Crippen molar-refractivity contribution in [2.24, 2.45) is 5.41 Å². The molecule has 19 heavy (non-hydrogen) atoms. The molecule has 0 aromatic heterocycles. The van der Waals surface area contributed by atoms with Crippen LogP contribution in [-0.2, 0) is 9.63 Å². The van der Waals surface area contributed by atoms with Gasteiger partial charge in [-0.25, -0.2) is 4.79 Å². The number of carbonyl (C=O) groups excluding carboxylic acids is 3. The second-order valence-corrected chi connectivity index (χ2v) is 4.56. The number of imide groups is 1. The summed E-state index contributed by atoms with van der Waals surface area (Å²) in [6, 6.07) is 6.30. The number of terminal acetylenes is 1. The maximum Gasteiger partial charge on any atom is 0.351 e. The second kappa shape index (κ2) is 3.69. The third-order valence-electron chi connectivity index (χ3n) is 3.35. The lowest BCUT2D eigenvalue weighted by Gasteiger charge is -2.14. The minimum atomic E-state index is -0.963. The van der Waals surface area contributed by atoms with Crippen LogP contribution in [0.3, 0.4) is 0 Å². The van der Waals surface area contributed by atoms with Gasteiger partial charge in [-0.3, -0.25) is 9.59 Å². The molecule has 1 heterocycles. The van der Waals surface area contributed by atoms with E-state index in [1.54, 1.807) is 12.1 Å². The number of rotatable bonds is 2. The fourth-order valence-electron chi connectivity index (χ4n) is 1.95. The summed E-state index contributed by atoms with van der Waals surface area (Å²) in [5, 5.41) is 0.490. The lowest BCUT2D eigenvalue weighted by Crippen LogP contribution is -2.35. The van der Waals surface area contributed by atoms with Crippen LogP contribution in [0.2, 0.25) is 0 Å². The van der Waals surface area contributed by atoms with E-state index in [-0.39, 0.29) is 11.1 Å². The normalized spacial score (nSPS) is 18.8. The molecule has 94 valence electrons. The van der Waals surface area contributed by atoms with Crippen LogP contribution in [-0.4, -0.2) is 22.8 Å². The molecule has 0 unspecified atom stereocenters. The van der Waals surface area contributed by atoms with Crippen LogP contribution in [0.4, 0.5) is 0 Å². The number of carbonyl (C=O) groups is 3. The SMILES string of the molecule is C#CC1(C(=O)ON2C(=O)c3ccccc3C2=O)CC1. The summed E-state index contributed by atoms with van der Waals surface area (Å²) in [5.74, 6) is 0.361. The number of amides is 2. The summed E-state index contributed by atoms with van der Waals surface area (Å²) in [7, 11) is 0. The van der Waals surface area contributed by atoms with E-state index >= 15 is 0 Å². The van der Waals surface area contributed by atoms with Gasteiger partial charge >= 0.3 is 5.97 Å². The van der Waals surface area contributed by atoms with Gasteiger partial charge < -0.3 is 4.84 Å². The van der Waals surface area contributed by atoms with E-state index in [0.29, 0.717) is 17.9 Å². The van der Waals surface area contributed by atoms with E-state index in [9.17, 15) is 14.4 Å². The summed E-state index contributed by atoms with van der Waals surface area (Å²) in [6.07, 6.45) is 6.30. The smallest absolute Gasteiger partial charge is 0.328 e. The van der Waals surface area contributed by atoms with Crippen molar-refractivity contribution in [3.8, 4) is 12.3 Å². The van der Waals surface area contributed by atoms with E-state index in [0.717, 1.165) is 0 Å². The van der Waals surface area contributed by atoms with Crippen molar-refractivity contribution in [3.63, 3.8) is 0 Å². The maximum absolute atomic E-state index is 12.0. The van der Waals surface area contributed by atoms with Crippen LogP contribution >= 0.6 is 0 Å². The average Bonchev–Trinajstić information content (AvgIpc) is 3.20. The quantitative estimate of drug-likeness (QED) is 0.587. The molecule has 1 aliphatic heterocycles. The first-order chi connectivity index (χ1) is 9.09. The van der Waals surface area contributed by atoms with Crippen molar-refractivity contribution >= 4 is 17.8 Å². The molecule has 3 rings (SSSR count). The Morgan fingerprint density at radius 1 is 1.21 bits per heavy atom. The Bertz CT molecular complexity index is 617. The fourth-order valence-corrected chi connectivity index (χ4v) is 1.95. The molecule has 0 atom stereocenters. The molecule has 1 fully saturated rings. The molecule has 0 saturated heterocycles. The molecular formula is C14H9NO4. The minimum absolute atomic E-state index is 0.228. The summed E-state index contributed by atoms with van der Waals surface area (Å²) < 4.78 is 0. The molecule has 1 aromatic carbocycles. The number of nitrogens with zero attached hydrogens (tertiary/aromatic N) is 1. The van der Waals surface area contributed by atoms with Gasteiger partial charge in [-0.1, -0.05) is 23.1 Å². The first-order valence-electron chi connectivity index (χ1n) is 5.77. The summed E-state index contributed by atoms with van der Waals surface area (Å²) in [4.78, 5) is 40.6. The molecule has 1 saturated carbocycles. The van der Waals surface area contributed by atoms with Crippen molar-refractivity contribution in [1.29, 1.82) is 0 Å². The van der Waals surface area contributed by atoms with E-state index in [4.69, 9.17) is 11.3 Å². The highest BCUT2D eigenvalue weighted by Gasteiger charge is 2.52. The summed E-state index contributed by atoms with van der Waals surface area (Å²) in [5.41, 5.74) is -0.508. The van der Waals surface area contributed by atoms with Crippen molar-refractivity contribution in [2.45, 2.75) is 12.8 Å². The predicted octanol–water partition coefficient (Wildman–Crippen LogP) is 1.15. The molecule has 2 aliphatic rings. The summed E-state index contributed by atoms with van der Waals surface area (Å²) in [6.45, 7) is 0. The highest BCUT2D eigenvalue weighted by atomic mass is 16.7. The van der Waals surface area contributed by atoms with Gasteiger partial charge in [0.1, 0.15) is 5.41 Å². The van der Waals surface area contributed by atoms with Crippen molar-refractivity contribution < 1.29 is 19.2 Å². The van der Waals surface area contributed by atoms with Gasteiger partial charge in [0.2, 0.25) is 0 Å². The highest BCUT2D eigenvalue weighted by Crippen LogP contribution is 2.46. The average molecular weight is 255 g/mol. The van der Waals surface area contributed by atoms with E-state index in [2.05, 4.69) is 5.92 Å². The molecule has 0 bridgehead atoms. The standard InChI is InChI=1S/C14H9NO4/c1-2-14(7-8-14)13(18)19-15-11(16)9-5-3-4-6-10(9)12(15)17/h1,3-6H,7-8H2. The van der Waals surface area contributed by atoms with Gasteiger partial charge in [-0.05, 0) is 25.0 Å². The Morgan fingerprint density at radius 2 is 1.74 bits per heavy atom. The molecule has 0 N–H and O–H groups in total. The van der Waals surface area contributed by atoms with Gasteiger partial charge in [0.05, 0.1) is 11.1 Å².